The molecule has 0 aromatic heterocycles. The molecule has 1 rings (SSSR count). The quantitative estimate of drug-likeness (QED) is 0.878. The molecule has 104 valence electrons. The fourth-order valence-corrected chi connectivity index (χ4v) is 1.95. The normalized spacial score (nSPS) is 12.1. The largest absolute Gasteiger partial charge is 0.507 e. The van der Waals surface area contributed by atoms with E-state index in [9.17, 15) is 5.11 Å². The summed E-state index contributed by atoms with van der Waals surface area (Å²) in [5.41, 5.74) is 1.31. The minimum Gasteiger partial charge on any atom is -0.507 e. The van der Waals surface area contributed by atoms with Crippen molar-refractivity contribution in [1.29, 1.82) is 5.26 Å². The van der Waals surface area contributed by atoms with Gasteiger partial charge in [0.2, 0.25) is 0 Å². The van der Waals surface area contributed by atoms with E-state index in [4.69, 9.17) is 10.00 Å². The lowest BCUT2D eigenvalue weighted by molar-refractivity contribution is 0.360. The molecule has 0 radical (unpaired) electrons. The van der Waals surface area contributed by atoms with E-state index in [2.05, 4.69) is 0 Å². The smallest absolute Gasteiger partial charge is 0.174 e. The molecule has 0 atom stereocenters. The summed E-state index contributed by atoms with van der Waals surface area (Å²) in [7, 11) is 0. The van der Waals surface area contributed by atoms with Crippen molar-refractivity contribution in [3.05, 3.63) is 23.3 Å². The van der Waals surface area contributed by atoms with Crippen molar-refractivity contribution in [2.75, 3.05) is 6.61 Å². The molecule has 0 amide bonds. The number of hydrogen-bond acceptors (Lipinski definition) is 3. The molecular weight excluding hydrogens is 238 g/mol. The van der Waals surface area contributed by atoms with E-state index in [-0.39, 0.29) is 17.4 Å². The minimum absolute atomic E-state index is 0.0118. The number of benzene rings is 1. The third kappa shape index (κ3) is 3.64. The molecule has 0 aliphatic carbocycles. The molecule has 3 nitrogen and oxygen atoms in total. The molecule has 0 unspecified atom stereocenters. The summed E-state index contributed by atoms with van der Waals surface area (Å²) in [4.78, 5) is 0. The highest BCUT2D eigenvalue weighted by molar-refractivity contribution is 5.52. The van der Waals surface area contributed by atoms with Crippen molar-refractivity contribution in [3.8, 4) is 17.6 Å². The summed E-state index contributed by atoms with van der Waals surface area (Å²) >= 11 is 0. The van der Waals surface area contributed by atoms with Gasteiger partial charge in [-0.15, -0.1) is 0 Å². The average Bonchev–Trinajstić information content (AvgIpc) is 2.24. The van der Waals surface area contributed by atoms with Crippen molar-refractivity contribution < 1.29 is 9.84 Å². The first-order chi connectivity index (χ1) is 8.57. The summed E-state index contributed by atoms with van der Waals surface area (Å²) in [5, 5.41) is 19.1. The van der Waals surface area contributed by atoms with Crippen LogP contribution in [0.4, 0.5) is 0 Å². The van der Waals surface area contributed by atoms with E-state index in [0.29, 0.717) is 11.5 Å². The van der Waals surface area contributed by atoms with E-state index in [0.717, 1.165) is 11.1 Å². The fraction of sp³-hybridized carbons (Fsp3) is 0.562. The van der Waals surface area contributed by atoms with E-state index >= 15 is 0 Å². The number of nitriles is 1. The Hall–Kier alpha value is -1.69. The zero-order chi connectivity index (χ0) is 14.8. The van der Waals surface area contributed by atoms with Crippen LogP contribution in [-0.4, -0.2) is 11.7 Å². The van der Waals surface area contributed by atoms with Gasteiger partial charge in [0.25, 0.3) is 0 Å². The minimum atomic E-state index is -0.184. The molecule has 0 heterocycles. The molecule has 0 saturated carbocycles. The second-order valence-corrected chi connectivity index (χ2v) is 6.81. The van der Waals surface area contributed by atoms with E-state index in [1.165, 1.54) is 0 Å². The van der Waals surface area contributed by atoms with Crippen LogP contribution >= 0.6 is 0 Å². The van der Waals surface area contributed by atoms with Crippen LogP contribution in [0.5, 0.6) is 11.5 Å². The first kappa shape index (κ1) is 15.4. The molecule has 3 heteroatoms. The number of hydrogen-bond donors (Lipinski definition) is 1. The molecule has 0 saturated heterocycles. The van der Waals surface area contributed by atoms with Gasteiger partial charge in [-0.1, -0.05) is 41.5 Å². The summed E-state index contributed by atoms with van der Waals surface area (Å²) < 4.78 is 5.41. The standard InChI is InChI=1S/C16H23NO2/c1-15(2,3)12-9-11(19-8-7-17)10-13(14(12)18)16(4,5)6/h9-10,18H,8H2,1-6H3. The maximum atomic E-state index is 10.5. The van der Waals surface area contributed by atoms with E-state index in [1.807, 2.05) is 59.7 Å². The molecule has 1 aromatic carbocycles. The van der Waals surface area contributed by atoms with Gasteiger partial charge < -0.3 is 9.84 Å². The van der Waals surface area contributed by atoms with Crippen LogP contribution in [0, 0.1) is 11.3 Å². The molecular formula is C16H23NO2. The van der Waals surface area contributed by atoms with Crippen molar-refractivity contribution in [3.63, 3.8) is 0 Å². The van der Waals surface area contributed by atoms with Crippen molar-refractivity contribution in [1.82, 2.24) is 0 Å². The maximum absolute atomic E-state index is 10.5. The zero-order valence-electron chi connectivity index (χ0n) is 12.7. The van der Waals surface area contributed by atoms with Crippen molar-refractivity contribution in [2.45, 2.75) is 52.4 Å². The van der Waals surface area contributed by atoms with Crippen LogP contribution in [-0.2, 0) is 10.8 Å². The lowest BCUT2D eigenvalue weighted by atomic mass is 9.79. The number of nitrogens with zero attached hydrogens (tertiary/aromatic N) is 1. The molecule has 1 aromatic rings. The van der Waals surface area contributed by atoms with Gasteiger partial charge in [-0.05, 0) is 23.0 Å². The lowest BCUT2D eigenvalue weighted by Gasteiger charge is -2.27. The maximum Gasteiger partial charge on any atom is 0.174 e. The average molecular weight is 261 g/mol. The first-order valence-electron chi connectivity index (χ1n) is 6.45. The predicted molar refractivity (Wildman–Crippen MR) is 76.6 cm³/mol. The Bertz CT molecular complexity index is 464. The number of rotatable bonds is 2. The topological polar surface area (TPSA) is 53.2 Å². The Morgan fingerprint density at radius 1 is 1.05 bits per heavy atom. The number of ether oxygens (including phenoxy) is 1. The zero-order valence-corrected chi connectivity index (χ0v) is 12.7. The molecule has 1 N–H and O–H groups in total. The Balaban J connectivity index is 3.44. The molecule has 0 fully saturated rings. The van der Waals surface area contributed by atoms with Gasteiger partial charge >= 0.3 is 0 Å². The molecule has 0 aliphatic rings. The summed E-state index contributed by atoms with van der Waals surface area (Å²) in [6.07, 6.45) is 0. The number of phenols is 1. The SMILES string of the molecule is CC(C)(C)c1cc(OCC#N)cc(C(C)(C)C)c1O. The van der Waals surface area contributed by atoms with Crippen LogP contribution in [0.2, 0.25) is 0 Å². The monoisotopic (exact) mass is 261 g/mol. The van der Waals surface area contributed by atoms with Gasteiger partial charge in [0.1, 0.15) is 17.6 Å². The van der Waals surface area contributed by atoms with E-state index in [1.54, 1.807) is 0 Å². The predicted octanol–water partition coefficient (Wildman–Crippen LogP) is 3.89. The van der Waals surface area contributed by atoms with Gasteiger partial charge in [0.15, 0.2) is 6.61 Å². The highest BCUT2D eigenvalue weighted by Gasteiger charge is 2.26. The fourth-order valence-electron chi connectivity index (χ4n) is 1.95. The Morgan fingerprint density at radius 3 is 1.79 bits per heavy atom. The highest BCUT2D eigenvalue weighted by Crippen LogP contribution is 2.41. The highest BCUT2D eigenvalue weighted by atomic mass is 16.5. The van der Waals surface area contributed by atoms with Crippen LogP contribution < -0.4 is 4.74 Å². The second kappa shape index (κ2) is 5.13. The molecule has 19 heavy (non-hydrogen) atoms. The first-order valence-corrected chi connectivity index (χ1v) is 6.45. The Labute approximate surface area is 115 Å². The molecule has 0 bridgehead atoms. The van der Waals surface area contributed by atoms with Crippen LogP contribution in [0.1, 0.15) is 52.7 Å². The number of aromatic hydroxyl groups is 1. The van der Waals surface area contributed by atoms with Gasteiger partial charge in [-0.3, -0.25) is 0 Å². The lowest BCUT2D eigenvalue weighted by Crippen LogP contribution is -2.17. The van der Waals surface area contributed by atoms with Gasteiger partial charge in [0, 0.05) is 11.1 Å². The van der Waals surface area contributed by atoms with E-state index < -0.39 is 0 Å². The third-order valence-corrected chi connectivity index (χ3v) is 3.00. The summed E-state index contributed by atoms with van der Waals surface area (Å²) in [6, 6.07) is 5.61. The van der Waals surface area contributed by atoms with Crippen LogP contribution in [0.15, 0.2) is 12.1 Å². The van der Waals surface area contributed by atoms with Crippen LogP contribution in [0.3, 0.4) is 0 Å². The second-order valence-electron chi connectivity index (χ2n) is 6.81. The van der Waals surface area contributed by atoms with Crippen molar-refractivity contribution >= 4 is 0 Å². The molecule has 0 spiro atoms. The summed E-state index contributed by atoms with van der Waals surface area (Å²) in [6.45, 7) is 12.3. The summed E-state index contributed by atoms with van der Waals surface area (Å²) in [5.74, 6) is 0.957. The van der Waals surface area contributed by atoms with Gasteiger partial charge in [-0.25, -0.2) is 0 Å². The third-order valence-electron chi connectivity index (χ3n) is 3.00. The Kier molecular flexibility index (Phi) is 4.15. The Morgan fingerprint density at radius 2 is 1.47 bits per heavy atom. The van der Waals surface area contributed by atoms with Crippen molar-refractivity contribution in [2.24, 2.45) is 0 Å². The van der Waals surface area contributed by atoms with Gasteiger partial charge in [0.05, 0.1) is 0 Å². The molecule has 0 aliphatic heterocycles. The van der Waals surface area contributed by atoms with Gasteiger partial charge in [-0.2, -0.15) is 5.26 Å². The number of phenolic OH excluding ortho intramolecular Hbond substituents is 1. The van der Waals surface area contributed by atoms with Crippen LogP contribution in [0.25, 0.3) is 0 Å².